The van der Waals surface area contributed by atoms with Gasteiger partial charge in [-0.25, -0.2) is 0 Å². The Morgan fingerprint density at radius 2 is 2.33 bits per heavy atom. The van der Waals surface area contributed by atoms with Crippen molar-refractivity contribution in [3.05, 3.63) is 52.7 Å². The lowest BCUT2D eigenvalue weighted by Gasteiger charge is -2.23. The van der Waals surface area contributed by atoms with Gasteiger partial charge in [-0.15, -0.1) is 0 Å². The summed E-state index contributed by atoms with van der Waals surface area (Å²) in [5.41, 5.74) is 2.28. The zero-order chi connectivity index (χ0) is 10.8. The topological polar surface area (TPSA) is 20.3 Å². The van der Waals surface area contributed by atoms with Crippen molar-refractivity contribution in [2.24, 2.45) is 0 Å². The Balaban J connectivity index is 2.37. The highest BCUT2D eigenvalue weighted by Crippen LogP contribution is 2.26. The molecule has 15 heavy (non-hydrogen) atoms. The van der Waals surface area contributed by atoms with E-state index in [1.807, 2.05) is 24.3 Å². The standard InChI is InChI=1S/C12H10BrNO/c1-2-12(15)14-7-6-9-4-3-5-11(13)10(9)8-14/h2-7H,1,8H2. The smallest absolute Gasteiger partial charge is 0.250 e. The van der Waals surface area contributed by atoms with Crippen molar-refractivity contribution in [1.82, 2.24) is 4.90 Å². The summed E-state index contributed by atoms with van der Waals surface area (Å²) in [5.74, 6) is -0.0762. The zero-order valence-electron chi connectivity index (χ0n) is 8.11. The van der Waals surface area contributed by atoms with Crippen LogP contribution in [0, 0.1) is 0 Å². The molecular formula is C12H10BrNO. The summed E-state index contributed by atoms with van der Waals surface area (Å²) in [6, 6.07) is 6.00. The Morgan fingerprint density at radius 3 is 3.07 bits per heavy atom. The van der Waals surface area contributed by atoms with Gasteiger partial charge in [-0.2, -0.15) is 0 Å². The van der Waals surface area contributed by atoms with E-state index in [0.717, 1.165) is 15.6 Å². The quantitative estimate of drug-likeness (QED) is 0.714. The number of carbonyl (C=O) groups is 1. The summed E-state index contributed by atoms with van der Waals surface area (Å²) in [6.07, 6.45) is 5.05. The van der Waals surface area contributed by atoms with Crippen LogP contribution in [0.2, 0.25) is 0 Å². The van der Waals surface area contributed by atoms with Crippen LogP contribution >= 0.6 is 15.9 Å². The van der Waals surface area contributed by atoms with Crippen molar-refractivity contribution in [1.29, 1.82) is 0 Å². The second-order valence-corrected chi connectivity index (χ2v) is 4.15. The van der Waals surface area contributed by atoms with Crippen LogP contribution in [0.4, 0.5) is 0 Å². The first-order valence-electron chi connectivity index (χ1n) is 4.61. The van der Waals surface area contributed by atoms with Crippen LogP contribution in [-0.2, 0) is 11.3 Å². The summed E-state index contributed by atoms with van der Waals surface area (Å²) in [6.45, 7) is 4.07. The molecule has 1 aliphatic heterocycles. The van der Waals surface area contributed by atoms with Gasteiger partial charge in [0.25, 0.3) is 0 Å². The van der Waals surface area contributed by atoms with Crippen molar-refractivity contribution in [2.75, 3.05) is 0 Å². The Kier molecular flexibility index (Phi) is 2.73. The highest BCUT2D eigenvalue weighted by molar-refractivity contribution is 9.10. The first kappa shape index (κ1) is 10.2. The van der Waals surface area contributed by atoms with Gasteiger partial charge in [-0.1, -0.05) is 34.6 Å². The normalized spacial score (nSPS) is 13.5. The van der Waals surface area contributed by atoms with E-state index in [2.05, 4.69) is 22.5 Å². The minimum absolute atomic E-state index is 0.0762. The molecule has 3 heteroatoms. The molecule has 0 saturated carbocycles. The van der Waals surface area contributed by atoms with Crippen LogP contribution in [0.15, 0.2) is 41.5 Å². The number of carbonyl (C=O) groups excluding carboxylic acids is 1. The summed E-state index contributed by atoms with van der Waals surface area (Å²) in [7, 11) is 0. The Morgan fingerprint density at radius 1 is 1.53 bits per heavy atom. The third-order valence-electron chi connectivity index (χ3n) is 2.38. The minimum atomic E-state index is -0.0762. The first-order valence-corrected chi connectivity index (χ1v) is 5.40. The molecule has 0 fully saturated rings. The lowest BCUT2D eigenvalue weighted by molar-refractivity contribution is -0.124. The van der Waals surface area contributed by atoms with Gasteiger partial charge in [0.15, 0.2) is 0 Å². The SMILES string of the molecule is C=CC(=O)N1C=Cc2cccc(Br)c2C1. The first-order chi connectivity index (χ1) is 7.22. The predicted octanol–water partition coefficient (Wildman–Crippen LogP) is 2.95. The number of hydrogen-bond acceptors (Lipinski definition) is 1. The van der Waals surface area contributed by atoms with Crippen LogP contribution in [-0.4, -0.2) is 10.8 Å². The second kappa shape index (κ2) is 4.03. The number of hydrogen-bond donors (Lipinski definition) is 0. The van der Waals surface area contributed by atoms with Gasteiger partial charge in [-0.05, 0) is 29.3 Å². The lowest BCUT2D eigenvalue weighted by atomic mass is 10.0. The Hall–Kier alpha value is -1.35. The number of rotatable bonds is 1. The van der Waals surface area contributed by atoms with Gasteiger partial charge in [-0.3, -0.25) is 4.79 Å². The average Bonchev–Trinajstić information content (AvgIpc) is 2.28. The zero-order valence-corrected chi connectivity index (χ0v) is 9.70. The molecule has 1 aromatic carbocycles. The average molecular weight is 264 g/mol. The van der Waals surface area contributed by atoms with Crippen LogP contribution in [0.5, 0.6) is 0 Å². The molecular weight excluding hydrogens is 254 g/mol. The van der Waals surface area contributed by atoms with E-state index in [1.54, 1.807) is 11.1 Å². The van der Waals surface area contributed by atoms with Crippen molar-refractivity contribution in [2.45, 2.75) is 6.54 Å². The molecule has 0 spiro atoms. The van der Waals surface area contributed by atoms with Crippen LogP contribution in [0.25, 0.3) is 6.08 Å². The molecule has 0 aliphatic carbocycles. The van der Waals surface area contributed by atoms with Crippen LogP contribution in [0.1, 0.15) is 11.1 Å². The third-order valence-corrected chi connectivity index (χ3v) is 3.12. The fraction of sp³-hybridized carbons (Fsp3) is 0.0833. The summed E-state index contributed by atoms with van der Waals surface area (Å²) in [4.78, 5) is 13.1. The van der Waals surface area contributed by atoms with Crippen molar-refractivity contribution >= 4 is 27.9 Å². The molecule has 0 saturated heterocycles. The van der Waals surface area contributed by atoms with Crippen molar-refractivity contribution in [3.63, 3.8) is 0 Å². The van der Waals surface area contributed by atoms with E-state index in [4.69, 9.17) is 0 Å². The summed E-state index contributed by atoms with van der Waals surface area (Å²) in [5, 5.41) is 0. The highest BCUT2D eigenvalue weighted by atomic mass is 79.9. The summed E-state index contributed by atoms with van der Waals surface area (Å²) >= 11 is 3.48. The minimum Gasteiger partial charge on any atom is -0.311 e. The maximum Gasteiger partial charge on any atom is 0.250 e. The van der Waals surface area contributed by atoms with Gasteiger partial charge in [0.05, 0.1) is 6.54 Å². The number of nitrogens with zero attached hydrogens (tertiary/aromatic N) is 1. The number of amides is 1. The fourth-order valence-corrected chi connectivity index (χ4v) is 2.07. The Labute approximate surface area is 97.0 Å². The number of halogens is 1. The molecule has 2 rings (SSSR count). The fourth-order valence-electron chi connectivity index (χ4n) is 1.56. The van der Waals surface area contributed by atoms with Crippen molar-refractivity contribution < 1.29 is 4.79 Å². The van der Waals surface area contributed by atoms with Gasteiger partial charge in [0.1, 0.15) is 0 Å². The van der Waals surface area contributed by atoms with Gasteiger partial charge < -0.3 is 4.90 Å². The largest absolute Gasteiger partial charge is 0.311 e. The molecule has 1 aromatic rings. The molecule has 0 bridgehead atoms. The maximum atomic E-state index is 11.4. The third kappa shape index (κ3) is 1.88. The molecule has 0 aromatic heterocycles. The van der Waals surface area contributed by atoms with E-state index in [9.17, 15) is 4.79 Å². The maximum absolute atomic E-state index is 11.4. The molecule has 1 heterocycles. The molecule has 0 N–H and O–H groups in total. The molecule has 1 aliphatic rings. The van der Waals surface area contributed by atoms with Crippen molar-refractivity contribution in [3.8, 4) is 0 Å². The molecule has 76 valence electrons. The van der Waals surface area contributed by atoms with Crippen LogP contribution < -0.4 is 0 Å². The van der Waals surface area contributed by atoms with E-state index in [-0.39, 0.29) is 5.91 Å². The number of benzene rings is 1. The van der Waals surface area contributed by atoms with E-state index in [0.29, 0.717) is 6.54 Å². The predicted molar refractivity (Wildman–Crippen MR) is 63.9 cm³/mol. The molecule has 1 amide bonds. The highest BCUT2D eigenvalue weighted by Gasteiger charge is 2.15. The second-order valence-electron chi connectivity index (χ2n) is 3.29. The summed E-state index contributed by atoms with van der Waals surface area (Å²) < 4.78 is 1.03. The van der Waals surface area contributed by atoms with E-state index < -0.39 is 0 Å². The van der Waals surface area contributed by atoms with E-state index >= 15 is 0 Å². The monoisotopic (exact) mass is 263 g/mol. The molecule has 2 nitrogen and oxygen atoms in total. The van der Waals surface area contributed by atoms with Gasteiger partial charge >= 0.3 is 0 Å². The molecule has 0 atom stereocenters. The van der Waals surface area contributed by atoms with Crippen LogP contribution in [0.3, 0.4) is 0 Å². The lowest BCUT2D eigenvalue weighted by Crippen LogP contribution is -2.25. The number of fused-ring (bicyclic) bond motifs is 1. The molecule has 0 radical (unpaired) electrons. The van der Waals surface area contributed by atoms with Gasteiger partial charge in [0.2, 0.25) is 5.91 Å². The van der Waals surface area contributed by atoms with E-state index in [1.165, 1.54) is 6.08 Å². The van der Waals surface area contributed by atoms with Gasteiger partial charge in [0, 0.05) is 10.7 Å². The Bertz CT molecular complexity index is 451. The molecule has 0 unspecified atom stereocenters.